The second kappa shape index (κ2) is 7.35. The Morgan fingerprint density at radius 3 is 2.59 bits per heavy atom. The third-order valence-electron chi connectivity index (χ3n) is 8.07. The molecule has 3 heterocycles. The topological polar surface area (TPSA) is 137 Å². The van der Waals surface area contributed by atoms with Crippen molar-refractivity contribution < 1.29 is 29.3 Å². The Balaban J connectivity index is 1.46. The number of methoxy groups -OCH3 is 1. The number of hydrogen-bond acceptors (Lipinski definition) is 8. The molecule has 1 aromatic heterocycles. The Bertz CT molecular complexity index is 1300. The number of imide groups is 1. The Labute approximate surface area is 202 Å². The fourth-order valence-corrected chi connectivity index (χ4v) is 9.68. The van der Waals surface area contributed by atoms with Gasteiger partial charge < -0.3 is 19.9 Å². The summed E-state index contributed by atoms with van der Waals surface area (Å²) in [6.07, 6.45) is 0.718. The molecule has 0 radical (unpaired) electrons. The summed E-state index contributed by atoms with van der Waals surface area (Å²) < 4.78 is 5.32. The minimum atomic E-state index is -1.20. The van der Waals surface area contributed by atoms with Gasteiger partial charge in [-0.15, -0.1) is 11.8 Å². The molecule has 1 saturated heterocycles. The van der Waals surface area contributed by atoms with Crippen molar-refractivity contribution in [1.82, 2.24) is 9.88 Å². The number of ether oxygens (including phenoxy) is 1. The number of aliphatic carboxylic acids is 1. The molecule has 9 nitrogen and oxygen atoms in total. The first-order chi connectivity index (χ1) is 16.2. The minimum absolute atomic E-state index is 0.00521. The van der Waals surface area contributed by atoms with E-state index < -0.39 is 29.8 Å². The fourth-order valence-electron chi connectivity index (χ4n) is 6.79. The van der Waals surface area contributed by atoms with Crippen LogP contribution >= 0.6 is 23.1 Å². The van der Waals surface area contributed by atoms with E-state index in [1.54, 1.807) is 23.9 Å². The van der Waals surface area contributed by atoms with Crippen LogP contribution in [0.2, 0.25) is 0 Å². The SMILES string of the molecule is COc1cc([C@@H]2c3sc(=O)[nH]c3S[C@@H]3[C@H]4C[C@@H]([C@@H]5C(=O)N([C@H](C)C(=O)O)C(=O)[C@@H]45)[C@H]23)ccc1O. The van der Waals surface area contributed by atoms with Gasteiger partial charge in [-0.05, 0) is 48.8 Å². The van der Waals surface area contributed by atoms with Crippen molar-refractivity contribution in [2.24, 2.45) is 29.6 Å². The van der Waals surface area contributed by atoms with Crippen molar-refractivity contribution in [2.75, 3.05) is 7.11 Å². The van der Waals surface area contributed by atoms with Crippen LogP contribution in [0.1, 0.15) is 29.7 Å². The highest BCUT2D eigenvalue weighted by atomic mass is 32.2. The number of aromatic hydroxyl groups is 1. The summed E-state index contributed by atoms with van der Waals surface area (Å²) in [6.45, 7) is 1.37. The number of fused-ring (bicyclic) bond motifs is 9. The van der Waals surface area contributed by atoms with E-state index in [0.717, 1.165) is 38.1 Å². The van der Waals surface area contributed by atoms with Gasteiger partial charge in [0.15, 0.2) is 11.5 Å². The number of nitrogens with zero attached hydrogens (tertiary/aromatic N) is 1. The molecule has 4 aliphatic rings. The molecule has 178 valence electrons. The summed E-state index contributed by atoms with van der Waals surface area (Å²) in [6, 6.07) is 3.95. The lowest BCUT2D eigenvalue weighted by Gasteiger charge is -2.43. The summed E-state index contributed by atoms with van der Waals surface area (Å²) in [5.41, 5.74) is 0.873. The first-order valence-electron chi connectivity index (χ1n) is 11.1. The van der Waals surface area contributed by atoms with Crippen LogP contribution in [0.3, 0.4) is 0 Å². The number of thioether (sulfide) groups is 1. The fraction of sp³-hybridized carbons (Fsp3) is 0.478. The number of carboxylic acids is 1. The molecule has 0 unspecified atom stereocenters. The molecule has 1 aromatic carbocycles. The predicted molar refractivity (Wildman–Crippen MR) is 122 cm³/mol. The van der Waals surface area contributed by atoms with Gasteiger partial charge >= 0.3 is 10.8 Å². The van der Waals surface area contributed by atoms with Crippen LogP contribution in [0, 0.1) is 29.6 Å². The molecule has 8 atom stereocenters. The van der Waals surface area contributed by atoms with Crippen LogP contribution < -0.4 is 9.61 Å². The standard InChI is InChI=1S/C23H22N2O7S2/c1-7(22(29)30)25-20(27)15-9-6-10(16(15)21(25)28)17-14(9)13(18-19(33-17)24-23(31)34-18)8-3-4-11(26)12(5-8)32-2/h3-5,7,9-10,13-17,26H,6H2,1-2H3,(H,24,31)(H,29,30)/t7-,9-,10+,13+,14-,15+,16+,17-/m1/s1. The van der Waals surface area contributed by atoms with Crippen molar-refractivity contribution in [3.05, 3.63) is 38.3 Å². The minimum Gasteiger partial charge on any atom is -0.504 e. The Kier molecular flexibility index (Phi) is 4.70. The third-order valence-corrected chi connectivity index (χ3v) is 10.7. The van der Waals surface area contributed by atoms with Crippen molar-refractivity contribution in [3.8, 4) is 11.5 Å². The molecule has 34 heavy (non-hydrogen) atoms. The van der Waals surface area contributed by atoms with E-state index in [9.17, 15) is 29.4 Å². The van der Waals surface area contributed by atoms with Gasteiger partial charge in [0, 0.05) is 16.0 Å². The number of phenolic OH excluding ortho intramolecular Hbond substituents is 1. The second-order valence-electron chi connectivity index (χ2n) is 9.45. The number of carbonyl (C=O) groups is 3. The molecule has 6 rings (SSSR count). The molecule has 2 aliphatic carbocycles. The number of hydrogen-bond donors (Lipinski definition) is 3. The van der Waals surface area contributed by atoms with Gasteiger partial charge in [0.1, 0.15) is 6.04 Å². The van der Waals surface area contributed by atoms with Gasteiger partial charge in [0.25, 0.3) is 0 Å². The number of rotatable bonds is 4. The molecule has 0 spiro atoms. The summed E-state index contributed by atoms with van der Waals surface area (Å²) in [4.78, 5) is 55.1. The lowest BCUT2D eigenvalue weighted by molar-refractivity contribution is -0.154. The number of nitrogens with one attached hydrogen (secondary N) is 1. The number of aromatic nitrogens is 1. The van der Waals surface area contributed by atoms with Gasteiger partial charge in [0.05, 0.1) is 24.0 Å². The third kappa shape index (κ3) is 2.73. The molecule has 2 saturated carbocycles. The van der Waals surface area contributed by atoms with E-state index in [2.05, 4.69) is 4.98 Å². The number of amides is 2. The number of carboxylic acid groups (broad SMARTS) is 1. The summed E-state index contributed by atoms with van der Waals surface area (Å²) in [5, 5.41) is 20.4. The normalized spacial score (nSPS) is 34.1. The second-order valence-corrected chi connectivity index (χ2v) is 11.7. The van der Waals surface area contributed by atoms with E-state index in [0.29, 0.717) is 5.75 Å². The van der Waals surface area contributed by atoms with Crippen LogP contribution in [0.15, 0.2) is 28.0 Å². The molecule has 11 heteroatoms. The Morgan fingerprint density at radius 2 is 1.91 bits per heavy atom. The van der Waals surface area contributed by atoms with Crippen molar-refractivity contribution in [2.45, 2.75) is 35.6 Å². The first kappa shape index (κ1) is 21.7. The Morgan fingerprint density at radius 1 is 1.21 bits per heavy atom. The predicted octanol–water partition coefficient (Wildman–Crippen LogP) is 2.10. The molecular weight excluding hydrogens is 480 g/mol. The zero-order valence-corrected chi connectivity index (χ0v) is 19.9. The maximum absolute atomic E-state index is 13.4. The largest absolute Gasteiger partial charge is 0.504 e. The lowest BCUT2D eigenvalue weighted by Crippen LogP contribution is -2.44. The number of benzene rings is 1. The van der Waals surface area contributed by atoms with Gasteiger partial charge in [-0.3, -0.25) is 19.3 Å². The van der Waals surface area contributed by atoms with E-state index in [4.69, 9.17) is 4.74 Å². The smallest absolute Gasteiger partial charge is 0.326 e. The van der Waals surface area contributed by atoms with Gasteiger partial charge in [0.2, 0.25) is 11.8 Å². The summed E-state index contributed by atoms with van der Waals surface area (Å²) in [7, 11) is 1.47. The van der Waals surface area contributed by atoms with Crippen LogP contribution in [-0.2, 0) is 14.4 Å². The van der Waals surface area contributed by atoms with Gasteiger partial charge in [-0.2, -0.15) is 0 Å². The highest BCUT2D eigenvalue weighted by molar-refractivity contribution is 8.00. The van der Waals surface area contributed by atoms with Crippen LogP contribution in [-0.4, -0.2) is 56.3 Å². The Hall–Kier alpha value is -2.79. The number of H-pyrrole nitrogens is 1. The van der Waals surface area contributed by atoms with E-state index in [1.165, 1.54) is 14.0 Å². The summed E-state index contributed by atoms with van der Waals surface area (Å²) >= 11 is 2.71. The van der Waals surface area contributed by atoms with Crippen molar-refractivity contribution in [1.29, 1.82) is 0 Å². The molecule has 2 amide bonds. The molecule has 2 bridgehead atoms. The molecule has 2 aromatic rings. The zero-order chi connectivity index (χ0) is 24.0. The van der Waals surface area contributed by atoms with E-state index in [1.807, 2.05) is 6.07 Å². The zero-order valence-electron chi connectivity index (χ0n) is 18.3. The van der Waals surface area contributed by atoms with Gasteiger partial charge in [-0.1, -0.05) is 17.4 Å². The highest BCUT2D eigenvalue weighted by Crippen LogP contribution is 2.68. The number of thiazole rings is 1. The van der Waals surface area contributed by atoms with E-state index >= 15 is 0 Å². The quantitative estimate of drug-likeness (QED) is 0.541. The molecular formula is C23H22N2O7S2. The lowest BCUT2D eigenvalue weighted by atomic mass is 9.68. The maximum atomic E-state index is 13.4. The van der Waals surface area contributed by atoms with Gasteiger partial charge in [-0.25, -0.2) is 4.79 Å². The van der Waals surface area contributed by atoms with Crippen LogP contribution in [0.5, 0.6) is 11.5 Å². The van der Waals surface area contributed by atoms with Crippen molar-refractivity contribution in [3.63, 3.8) is 0 Å². The number of carbonyl (C=O) groups excluding carboxylic acids is 2. The molecule has 2 aliphatic heterocycles. The molecule has 3 N–H and O–H groups in total. The number of phenols is 1. The monoisotopic (exact) mass is 502 g/mol. The maximum Gasteiger partial charge on any atom is 0.326 e. The van der Waals surface area contributed by atoms with Crippen LogP contribution in [0.4, 0.5) is 0 Å². The average Bonchev–Trinajstić information content (AvgIpc) is 3.52. The summed E-state index contributed by atoms with van der Waals surface area (Å²) in [5.74, 6) is -3.10. The number of aromatic amines is 1. The van der Waals surface area contributed by atoms with E-state index in [-0.39, 0.29) is 45.5 Å². The average molecular weight is 503 g/mol. The number of likely N-dealkylation sites (tertiary alicyclic amines) is 1. The van der Waals surface area contributed by atoms with Crippen LogP contribution in [0.25, 0.3) is 0 Å². The first-order valence-corrected chi connectivity index (χ1v) is 12.8. The molecule has 3 fully saturated rings. The van der Waals surface area contributed by atoms with Crippen molar-refractivity contribution >= 4 is 40.9 Å². The highest BCUT2D eigenvalue weighted by Gasteiger charge is 2.70.